The van der Waals surface area contributed by atoms with Gasteiger partial charge in [-0.15, -0.1) is 5.06 Å². The van der Waals surface area contributed by atoms with E-state index in [2.05, 4.69) is 24.0 Å². The summed E-state index contributed by atoms with van der Waals surface area (Å²) in [6.45, 7) is 4.89. The van der Waals surface area contributed by atoms with Crippen LogP contribution in [0.1, 0.15) is 58.8 Å². The molecule has 7 heteroatoms. The number of carbonyl (C=O) groups excluding carboxylic acids is 4. The predicted octanol–water partition coefficient (Wildman–Crippen LogP) is 1.32. The van der Waals surface area contributed by atoms with Crippen LogP contribution in [0.15, 0.2) is 0 Å². The Kier molecular flexibility index (Phi) is 7.56. The molecule has 0 bridgehead atoms. The van der Waals surface area contributed by atoms with Gasteiger partial charge in [-0.2, -0.15) is 0 Å². The highest BCUT2D eigenvalue weighted by molar-refractivity contribution is 6.01. The highest BCUT2D eigenvalue weighted by Crippen LogP contribution is 2.12. The first-order valence-electron chi connectivity index (χ1n) is 7.73. The first kappa shape index (κ1) is 18.1. The van der Waals surface area contributed by atoms with Gasteiger partial charge in [0.2, 0.25) is 5.91 Å². The van der Waals surface area contributed by atoms with Crippen LogP contribution in [0.2, 0.25) is 0 Å². The van der Waals surface area contributed by atoms with E-state index in [1.807, 2.05) is 0 Å². The molecule has 0 radical (unpaired) electrons. The summed E-state index contributed by atoms with van der Waals surface area (Å²) in [6, 6.07) is 0. The Morgan fingerprint density at radius 1 is 1.14 bits per heavy atom. The minimum atomic E-state index is -0.751. The number of hydrogen-bond acceptors (Lipinski definition) is 5. The molecule has 0 atom stereocenters. The number of unbranched alkanes of at least 4 members (excludes halogenated alkanes) is 1. The normalized spacial score (nSPS) is 14.6. The lowest BCUT2D eigenvalue weighted by Gasteiger charge is -2.12. The van der Waals surface area contributed by atoms with Gasteiger partial charge in [0.25, 0.3) is 11.8 Å². The van der Waals surface area contributed by atoms with Gasteiger partial charge in [0, 0.05) is 25.8 Å². The maximum absolute atomic E-state index is 11.5. The number of nitrogens with zero attached hydrogens (tertiary/aromatic N) is 1. The van der Waals surface area contributed by atoms with Crippen LogP contribution in [-0.2, 0) is 24.0 Å². The highest BCUT2D eigenvalue weighted by Gasteiger charge is 2.32. The fraction of sp³-hybridized carbons (Fsp3) is 0.733. The van der Waals surface area contributed by atoms with Crippen LogP contribution >= 0.6 is 0 Å². The highest BCUT2D eigenvalue weighted by atomic mass is 16.7. The molecule has 0 spiro atoms. The van der Waals surface area contributed by atoms with Crippen molar-refractivity contribution in [1.82, 2.24) is 10.4 Å². The third-order valence-corrected chi connectivity index (χ3v) is 3.29. The van der Waals surface area contributed by atoms with E-state index in [9.17, 15) is 19.2 Å². The number of hydrogen-bond donors (Lipinski definition) is 1. The minimum absolute atomic E-state index is 0.0146. The molecule has 1 saturated heterocycles. The summed E-state index contributed by atoms with van der Waals surface area (Å²) in [6.07, 6.45) is 3.03. The molecule has 0 saturated carbocycles. The molecule has 1 fully saturated rings. The monoisotopic (exact) mass is 312 g/mol. The maximum atomic E-state index is 11.5. The number of nitrogens with one attached hydrogen (secondary N) is 1. The molecular formula is C15H24N2O5. The number of imide groups is 1. The molecule has 1 rings (SSSR count). The van der Waals surface area contributed by atoms with Crippen molar-refractivity contribution in [2.75, 3.05) is 6.54 Å². The molecule has 1 aliphatic heterocycles. The number of carbonyl (C=O) groups is 4. The first-order valence-corrected chi connectivity index (χ1v) is 7.73. The van der Waals surface area contributed by atoms with E-state index in [1.54, 1.807) is 0 Å². The lowest BCUT2D eigenvalue weighted by molar-refractivity contribution is -0.197. The summed E-state index contributed by atoms with van der Waals surface area (Å²) >= 11 is 0. The molecule has 124 valence electrons. The van der Waals surface area contributed by atoms with E-state index in [4.69, 9.17) is 0 Å². The third kappa shape index (κ3) is 6.69. The Morgan fingerprint density at radius 2 is 1.77 bits per heavy atom. The lowest BCUT2D eigenvalue weighted by Crippen LogP contribution is -2.32. The Bertz CT molecular complexity index is 418. The van der Waals surface area contributed by atoms with Crippen molar-refractivity contribution in [3.05, 3.63) is 0 Å². The van der Waals surface area contributed by atoms with Crippen LogP contribution in [0.25, 0.3) is 0 Å². The summed E-state index contributed by atoms with van der Waals surface area (Å²) < 4.78 is 0. The van der Waals surface area contributed by atoms with Gasteiger partial charge in [-0.1, -0.05) is 26.7 Å². The largest absolute Gasteiger partial charge is 0.356 e. The summed E-state index contributed by atoms with van der Waals surface area (Å²) in [5.74, 6) is -1.37. The topological polar surface area (TPSA) is 92.8 Å². The van der Waals surface area contributed by atoms with Gasteiger partial charge in [0.1, 0.15) is 0 Å². The molecule has 0 aromatic rings. The molecule has 1 heterocycles. The second kappa shape index (κ2) is 9.17. The zero-order valence-electron chi connectivity index (χ0n) is 13.2. The van der Waals surface area contributed by atoms with E-state index in [0.29, 0.717) is 17.5 Å². The molecule has 1 N–H and O–H groups in total. The van der Waals surface area contributed by atoms with Crippen molar-refractivity contribution in [1.29, 1.82) is 0 Å². The molecule has 7 nitrogen and oxygen atoms in total. The van der Waals surface area contributed by atoms with Gasteiger partial charge in [-0.3, -0.25) is 14.4 Å². The molecule has 22 heavy (non-hydrogen) atoms. The Hall–Kier alpha value is -1.92. The van der Waals surface area contributed by atoms with E-state index in [1.165, 1.54) is 0 Å². The van der Waals surface area contributed by atoms with Gasteiger partial charge in [-0.05, 0) is 12.3 Å². The number of amides is 3. The molecule has 0 aliphatic carbocycles. The van der Waals surface area contributed by atoms with Gasteiger partial charge in [0.05, 0.1) is 6.42 Å². The fourth-order valence-corrected chi connectivity index (χ4v) is 2.01. The van der Waals surface area contributed by atoms with Crippen molar-refractivity contribution in [2.45, 2.75) is 58.8 Å². The van der Waals surface area contributed by atoms with Crippen LogP contribution < -0.4 is 5.32 Å². The zero-order chi connectivity index (χ0) is 16.5. The van der Waals surface area contributed by atoms with Crippen molar-refractivity contribution in [2.24, 2.45) is 5.92 Å². The standard InChI is InChI=1S/C15H24N2O5/c1-11(2)5-3-4-10-16-12(18)6-9-15(21)22-17-13(19)7-8-14(17)20/h11H,3-10H2,1-2H3,(H,16,18). The molecule has 0 aromatic carbocycles. The van der Waals surface area contributed by atoms with Gasteiger partial charge in [0.15, 0.2) is 0 Å². The van der Waals surface area contributed by atoms with Crippen LogP contribution in [-0.4, -0.2) is 35.3 Å². The third-order valence-electron chi connectivity index (χ3n) is 3.29. The second-order valence-electron chi connectivity index (χ2n) is 5.78. The van der Waals surface area contributed by atoms with Crippen molar-refractivity contribution >= 4 is 23.7 Å². The van der Waals surface area contributed by atoms with Gasteiger partial charge < -0.3 is 10.2 Å². The molecule has 3 amide bonds. The maximum Gasteiger partial charge on any atom is 0.333 e. The van der Waals surface area contributed by atoms with E-state index in [0.717, 1.165) is 19.3 Å². The molecule has 0 unspecified atom stereocenters. The van der Waals surface area contributed by atoms with Crippen LogP contribution in [0.3, 0.4) is 0 Å². The number of hydroxylamine groups is 2. The van der Waals surface area contributed by atoms with E-state index in [-0.39, 0.29) is 31.6 Å². The predicted molar refractivity (Wildman–Crippen MR) is 78.1 cm³/mol. The Morgan fingerprint density at radius 3 is 2.36 bits per heavy atom. The van der Waals surface area contributed by atoms with Crippen LogP contribution in [0.5, 0.6) is 0 Å². The average molecular weight is 312 g/mol. The molecular weight excluding hydrogens is 288 g/mol. The summed E-state index contributed by atoms with van der Waals surface area (Å²) in [7, 11) is 0. The van der Waals surface area contributed by atoms with Crippen molar-refractivity contribution in [3.8, 4) is 0 Å². The van der Waals surface area contributed by atoms with Crippen LogP contribution in [0.4, 0.5) is 0 Å². The lowest BCUT2D eigenvalue weighted by atomic mass is 10.1. The first-order chi connectivity index (χ1) is 10.4. The second-order valence-corrected chi connectivity index (χ2v) is 5.78. The smallest absolute Gasteiger partial charge is 0.333 e. The molecule has 0 aromatic heterocycles. The Labute approximate surface area is 130 Å². The number of rotatable bonds is 9. The fourth-order valence-electron chi connectivity index (χ4n) is 2.01. The summed E-state index contributed by atoms with van der Waals surface area (Å²) in [4.78, 5) is 50.2. The summed E-state index contributed by atoms with van der Waals surface area (Å²) in [5.41, 5.74) is 0. The van der Waals surface area contributed by atoms with Crippen LogP contribution in [0, 0.1) is 5.92 Å². The van der Waals surface area contributed by atoms with E-state index < -0.39 is 17.8 Å². The van der Waals surface area contributed by atoms with Gasteiger partial charge >= 0.3 is 5.97 Å². The Balaban J connectivity index is 2.12. The van der Waals surface area contributed by atoms with Gasteiger partial charge in [-0.25, -0.2) is 4.79 Å². The summed E-state index contributed by atoms with van der Waals surface area (Å²) in [5, 5.41) is 3.22. The van der Waals surface area contributed by atoms with E-state index >= 15 is 0 Å². The minimum Gasteiger partial charge on any atom is -0.356 e. The zero-order valence-corrected chi connectivity index (χ0v) is 13.2. The SMILES string of the molecule is CC(C)CCCCNC(=O)CCC(=O)ON1C(=O)CCC1=O. The molecule has 1 aliphatic rings. The average Bonchev–Trinajstić information content (AvgIpc) is 2.76. The van der Waals surface area contributed by atoms with Crippen molar-refractivity contribution < 1.29 is 24.0 Å². The quantitative estimate of drug-likeness (QED) is 0.512. The van der Waals surface area contributed by atoms with Crippen molar-refractivity contribution in [3.63, 3.8) is 0 Å².